The van der Waals surface area contributed by atoms with Crippen LogP contribution in [0.1, 0.15) is 18.1 Å². The molecule has 5 heteroatoms. The Bertz CT molecular complexity index is 1090. The number of piperidine rings is 1. The van der Waals surface area contributed by atoms with Crippen LogP contribution in [0.4, 0.5) is 5.69 Å². The van der Waals surface area contributed by atoms with Crippen LogP contribution in [0.15, 0.2) is 78.9 Å². The van der Waals surface area contributed by atoms with Crippen LogP contribution in [0, 0.1) is 11.3 Å². The van der Waals surface area contributed by atoms with Crippen LogP contribution >= 0.6 is 23.2 Å². The van der Waals surface area contributed by atoms with Crippen LogP contribution in [0.2, 0.25) is 10.0 Å². The Morgan fingerprint density at radius 2 is 1.28 bits per heavy atom. The maximum absolute atomic E-state index is 13.7. The highest BCUT2D eigenvalue weighted by Crippen LogP contribution is 2.76. The van der Waals surface area contributed by atoms with E-state index in [2.05, 4.69) is 0 Å². The number of rotatable bonds is 3. The molecule has 1 saturated heterocycles. The Morgan fingerprint density at radius 1 is 0.793 bits per heavy atom. The number of imide groups is 1. The average Bonchev–Trinajstić information content (AvgIpc) is 3.23. The lowest BCUT2D eigenvalue weighted by Crippen LogP contribution is -2.42. The summed E-state index contributed by atoms with van der Waals surface area (Å²) in [6.07, 6.45) is 0. The second-order valence-corrected chi connectivity index (χ2v) is 8.65. The highest BCUT2D eigenvalue weighted by Gasteiger charge is 2.86. The summed E-state index contributed by atoms with van der Waals surface area (Å²) in [4.78, 5) is 28.5. The molecule has 1 heterocycles. The van der Waals surface area contributed by atoms with Crippen molar-refractivity contribution in [3.8, 4) is 0 Å². The van der Waals surface area contributed by atoms with Gasteiger partial charge >= 0.3 is 0 Å². The lowest BCUT2D eigenvalue weighted by molar-refractivity contribution is -0.125. The number of anilines is 1. The fourth-order valence-corrected chi connectivity index (χ4v) is 5.73. The monoisotopic (exact) mass is 421 g/mol. The number of carbonyl (C=O) groups excluding carboxylic acids is 2. The molecule has 1 aliphatic heterocycles. The van der Waals surface area contributed by atoms with Crippen LogP contribution in [0.5, 0.6) is 0 Å². The van der Waals surface area contributed by atoms with Gasteiger partial charge < -0.3 is 0 Å². The van der Waals surface area contributed by atoms with Gasteiger partial charge in [0.1, 0.15) is 0 Å². The first-order valence-corrected chi connectivity index (χ1v) is 10.1. The van der Waals surface area contributed by atoms with E-state index in [1.807, 2.05) is 67.6 Å². The number of carbonyl (C=O) groups is 2. The van der Waals surface area contributed by atoms with Gasteiger partial charge in [-0.1, -0.05) is 83.9 Å². The summed E-state index contributed by atoms with van der Waals surface area (Å²) in [5, 5.41) is 0.771. The average molecular weight is 422 g/mol. The number of hydrogen-bond acceptors (Lipinski definition) is 2. The van der Waals surface area contributed by atoms with Crippen molar-refractivity contribution >= 4 is 40.7 Å². The number of hydrogen-bond donors (Lipinski definition) is 0. The summed E-state index contributed by atoms with van der Waals surface area (Å²) in [6, 6.07) is 24.4. The molecule has 2 atom stereocenters. The van der Waals surface area contributed by atoms with Gasteiger partial charge in [0, 0.05) is 15.5 Å². The first-order valence-electron chi connectivity index (χ1n) is 9.38. The fourth-order valence-electron chi connectivity index (χ4n) is 5.22. The van der Waals surface area contributed by atoms with Gasteiger partial charge in [0.05, 0.1) is 17.0 Å². The van der Waals surface area contributed by atoms with Crippen molar-refractivity contribution in [3.63, 3.8) is 0 Å². The maximum Gasteiger partial charge on any atom is 0.241 e. The van der Waals surface area contributed by atoms with E-state index in [1.54, 1.807) is 18.2 Å². The van der Waals surface area contributed by atoms with Gasteiger partial charge in [-0.3, -0.25) is 9.59 Å². The molecule has 5 rings (SSSR count). The van der Waals surface area contributed by atoms with Crippen molar-refractivity contribution in [1.82, 2.24) is 0 Å². The van der Waals surface area contributed by atoms with Crippen molar-refractivity contribution in [3.05, 3.63) is 100 Å². The Balaban J connectivity index is 1.68. The normalized spacial score (nSPS) is 24.5. The van der Waals surface area contributed by atoms with Crippen LogP contribution in [-0.2, 0) is 15.0 Å². The molecule has 0 spiro atoms. The topological polar surface area (TPSA) is 37.4 Å². The molecular weight excluding hydrogens is 405 g/mol. The summed E-state index contributed by atoms with van der Waals surface area (Å²) < 4.78 is 0. The molecule has 3 nitrogen and oxygen atoms in total. The third-order valence-corrected chi connectivity index (χ3v) is 6.86. The Kier molecular flexibility index (Phi) is 3.93. The summed E-state index contributed by atoms with van der Waals surface area (Å²) in [5.74, 6) is -0.924. The molecule has 3 aromatic carbocycles. The predicted molar refractivity (Wildman–Crippen MR) is 114 cm³/mol. The molecule has 0 radical (unpaired) electrons. The SMILES string of the molecule is C[C@]12C(=O)N(c3cc(Cl)cc(Cl)c3)C(=O)[C@H]1C2(c1ccccc1)c1ccccc1. The lowest BCUT2D eigenvalue weighted by atomic mass is 9.79. The Morgan fingerprint density at radius 3 is 1.69 bits per heavy atom. The fraction of sp³-hybridized carbons (Fsp3) is 0.167. The van der Waals surface area contributed by atoms with E-state index in [0.717, 1.165) is 11.1 Å². The van der Waals surface area contributed by atoms with Gasteiger partial charge in [0.2, 0.25) is 11.8 Å². The van der Waals surface area contributed by atoms with E-state index >= 15 is 0 Å². The van der Waals surface area contributed by atoms with Crippen LogP contribution in [-0.4, -0.2) is 11.8 Å². The zero-order valence-electron chi connectivity index (χ0n) is 15.6. The molecule has 2 aliphatic rings. The molecule has 3 aromatic rings. The standard InChI is InChI=1S/C24H17Cl2NO2/c1-23-20(21(28)27(22(23)29)19-13-17(25)12-18(26)14-19)24(23,15-8-4-2-5-9-15)16-10-6-3-7-11-16/h2-14,20H,1H3/t20-,23-/m1/s1. The number of fused-ring (bicyclic) bond motifs is 1. The molecule has 2 amide bonds. The van der Waals surface area contributed by atoms with Crippen molar-refractivity contribution in [2.75, 3.05) is 4.90 Å². The number of amides is 2. The Hall–Kier alpha value is -2.62. The number of nitrogens with zero attached hydrogens (tertiary/aromatic N) is 1. The van der Waals surface area contributed by atoms with E-state index in [4.69, 9.17) is 23.2 Å². The maximum atomic E-state index is 13.7. The van der Waals surface area contributed by atoms with Gasteiger partial charge in [-0.25, -0.2) is 4.90 Å². The molecule has 1 saturated carbocycles. The first kappa shape index (κ1) is 18.4. The quantitative estimate of drug-likeness (QED) is 0.524. The summed E-state index contributed by atoms with van der Waals surface area (Å²) in [7, 11) is 0. The van der Waals surface area contributed by atoms with Crippen LogP contribution in [0.25, 0.3) is 0 Å². The predicted octanol–water partition coefficient (Wildman–Crippen LogP) is 5.49. The zero-order valence-corrected chi connectivity index (χ0v) is 17.1. The lowest BCUT2D eigenvalue weighted by Gasteiger charge is -2.29. The van der Waals surface area contributed by atoms with Crippen molar-refractivity contribution in [1.29, 1.82) is 0 Å². The smallest absolute Gasteiger partial charge is 0.241 e. The van der Waals surface area contributed by atoms with Gasteiger partial charge in [-0.15, -0.1) is 0 Å². The molecule has 0 bridgehead atoms. The molecule has 2 fully saturated rings. The molecular formula is C24H17Cl2NO2. The molecule has 144 valence electrons. The third-order valence-electron chi connectivity index (χ3n) is 6.42. The molecule has 29 heavy (non-hydrogen) atoms. The van der Waals surface area contributed by atoms with Crippen molar-refractivity contribution in [2.45, 2.75) is 12.3 Å². The van der Waals surface area contributed by atoms with E-state index < -0.39 is 16.7 Å². The number of benzene rings is 3. The summed E-state index contributed by atoms with van der Waals surface area (Å²) in [5.41, 5.74) is 0.818. The largest absolute Gasteiger partial charge is 0.274 e. The van der Waals surface area contributed by atoms with E-state index in [1.165, 1.54) is 4.90 Å². The van der Waals surface area contributed by atoms with Gasteiger partial charge in [-0.05, 0) is 36.2 Å². The molecule has 0 aromatic heterocycles. The summed E-state index contributed by atoms with van der Waals surface area (Å²) >= 11 is 12.2. The Labute approximate surface area is 178 Å². The van der Waals surface area contributed by atoms with Crippen LogP contribution < -0.4 is 4.90 Å². The van der Waals surface area contributed by atoms with Crippen molar-refractivity contribution in [2.24, 2.45) is 11.3 Å². The number of halogens is 2. The van der Waals surface area contributed by atoms with Gasteiger partial charge in [0.25, 0.3) is 0 Å². The minimum Gasteiger partial charge on any atom is -0.274 e. The van der Waals surface area contributed by atoms with Crippen molar-refractivity contribution < 1.29 is 9.59 Å². The zero-order chi connectivity index (χ0) is 20.4. The van der Waals surface area contributed by atoms with Gasteiger partial charge in [0.15, 0.2) is 0 Å². The van der Waals surface area contributed by atoms with E-state index in [-0.39, 0.29) is 11.8 Å². The minimum atomic E-state index is -0.873. The molecule has 0 unspecified atom stereocenters. The van der Waals surface area contributed by atoms with E-state index in [0.29, 0.717) is 15.7 Å². The highest BCUT2D eigenvalue weighted by atomic mass is 35.5. The minimum absolute atomic E-state index is 0.219. The third kappa shape index (κ3) is 2.26. The first-order chi connectivity index (χ1) is 13.9. The van der Waals surface area contributed by atoms with E-state index in [9.17, 15) is 9.59 Å². The second-order valence-electron chi connectivity index (χ2n) is 7.78. The molecule has 1 aliphatic carbocycles. The summed E-state index contributed by atoms with van der Waals surface area (Å²) in [6.45, 7) is 1.89. The second kappa shape index (κ2) is 6.19. The van der Waals surface area contributed by atoms with Crippen LogP contribution in [0.3, 0.4) is 0 Å². The van der Waals surface area contributed by atoms with Gasteiger partial charge in [-0.2, -0.15) is 0 Å². The molecule has 0 N–H and O–H groups in total. The highest BCUT2D eigenvalue weighted by molar-refractivity contribution is 6.36.